The third-order valence-corrected chi connectivity index (χ3v) is 5.58. The first-order chi connectivity index (χ1) is 16.9. The van der Waals surface area contributed by atoms with Crippen molar-refractivity contribution in [1.29, 1.82) is 0 Å². The van der Waals surface area contributed by atoms with E-state index in [1.165, 1.54) is 25.3 Å². The Hall–Kier alpha value is -4.60. The van der Waals surface area contributed by atoms with Crippen LogP contribution in [0, 0.1) is 11.6 Å². The number of ether oxygens (including phenoxy) is 1. The molecule has 0 radical (unpaired) electrons. The zero-order valence-corrected chi connectivity index (χ0v) is 18.8. The number of carbonyl (C=O) groups excluding carboxylic acids is 1. The number of nitrogens with zero attached hydrogens (tertiary/aromatic N) is 4. The van der Waals surface area contributed by atoms with Crippen LogP contribution in [0.15, 0.2) is 61.1 Å². The number of halogens is 2. The van der Waals surface area contributed by atoms with Gasteiger partial charge in [-0.1, -0.05) is 12.1 Å². The minimum atomic E-state index is -0.569. The molecule has 0 atom stereocenters. The predicted octanol–water partition coefficient (Wildman–Crippen LogP) is 4.24. The van der Waals surface area contributed by atoms with Crippen LogP contribution in [-0.2, 0) is 13.6 Å². The summed E-state index contributed by atoms with van der Waals surface area (Å²) < 4.78 is 35.3. The number of carbonyl (C=O) groups is 1. The van der Waals surface area contributed by atoms with E-state index in [4.69, 9.17) is 4.74 Å². The van der Waals surface area contributed by atoms with Crippen molar-refractivity contribution in [1.82, 2.24) is 30.0 Å². The number of amides is 1. The molecule has 0 aliphatic rings. The molecule has 2 aromatic carbocycles. The van der Waals surface area contributed by atoms with Crippen LogP contribution < -0.4 is 10.1 Å². The highest BCUT2D eigenvalue weighted by atomic mass is 19.1. The number of imidazole rings is 1. The molecule has 10 heteroatoms. The van der Waals surface area contributed by atoms with E-state index < -0.39 is 17.5 Å². The van der Waals surface area contributed by atoms with Crippen LogP contribution in [0.5, 0.6) is 5.75 Å². The smallest absolute Gasteiger partial charge is 0.255 e. The van der Waals surface area contributed by atoms with Gasteiger partial charge in [-0.25, -0.2) is 18.7 Å². The summed E-state index contributed by atoms with van der Waals surface area (Å²) in [6.45, 7) is -0.0778. The van der Waals surface area contributed by atoms with Gasteiger partial charge in [0.05, 0.1) is 30.0 Å². The van der Waals surface area contributed by atoms with Crippen LogP contribution >= 0.6 is 0 Å². The summed E-state index contributed by atoms with van der Waals surface area (Å²) in [5.74, 6) is -0.792. The summed E-state index contributed by atoms with van der Waals surface area (Å²) in [6, 6.07) is 10.2. The lowest BCUT2D eigenvalue weighted by atomic mass is 10.0. The number of aromatic nitrogens is 5. The number of aromatic amines is 1. The lowest BCUT2D eigenvalue weighted by molar-refractivity contribution is 0.0947. The minimum Gasteiger partial charge on any atom is -0.496 e. The highest BCUT2D eigenvalue weighted by molar-refractivity contribution is 5.97. The molecule has 0 fully saturated rings. The molecule has 5 rings (SSSR count). The molecule has 8 nitrogen and oxygen atoms in total. The molecular weight excluding hydrogens is 454 g/mol. The standard InChI is InChI=1S/C25H20F2N6O2/c1-33-13-16(12-30-33)23-31-22-18(7-8-28-24(22)32-23)14-3-4-15(20(27)9-14)11-29-25(34)19-10-17(26)5-6-21(19)35-2/h3-10,12-13H,11H2,1-2H3,(H,29,34)(H,28,31,32). The number of methoxy groups -OCH3 is 1. The normalized spacial score (nSPS) is 11.1. The predicted molar refractivity (Wildman–Crippen MR) is 126 cm³/mol. The Bertz CT molecular complexity index is 1560. The molecule has 0 unspecified atom stereocenters. The van der Waals surface area contributed by atoms with Gasteiger partial charge in [0.15, 0.2) is 5.65 Å². The lowest BCUT2D eigenvalue weighted by Gasteiger charge is -2.11. The van der Waals surface area contributed by atoms with Crippen LogP contribution in [-0.4, -0.2) is 37.7 Å². The van der Waals surface area contributed by atoms with E-state index in [-0.39, 0.29) is 23.4 Å². The fourth-order valence-corrected chi connectivity index (χ4v) is 3.82. The van der Waals surface area contributed by atoms with Crippen molar-refractivity contribution in [2.75, 3.05) is 7.11 Å². The van der Waals surface area contributed by atoms with Gasteiger partial charge in [-0.2, -0.15) is 5.10 Å². The highest BCUT2D eigenvalue weighted by Crippen LogP contribution is 2.29. The van der Waals surface area contributed by atoms with E-state index in [1.807, 2.05) is 13.2 Å². The van der Waals surface area contributed by atoms with Gasteiger partial charge in [-0.3, -0.25) is 9.48 Å². The second kappa shape index (κ2) is 8.98. The molecule has 176 valence electrons. The van der Waals surface area contributed by atoms with Crippen molar-refractivity contribution in [3.05, 3.63) is 83.8 Å². The van der Waals surface area contributed by atoms with Crippen molar-refractivity contribution in [3.63, 3.8) is 0 Å². The van der Waals surface area contributed by atoms with Gasteiger partial charge in [0.2, 0.25) is 0 Å². The maximum Gasteiger partial charge on any atom is 0.255 e. The van der Waals surface area contributed by atoms with Crippen molar-refractivity contribution < 1.29 is 18.3 Å². The first-order valence-corrected chi connectivity index (χ1v) is 10.7. The van der Waals surface area contributed by atoms with Crippen molar-refractivity contribution in [3.8, 4) is 28.3 Å². The fraction of sp³-hybridized carbons (Fsp3) is 0.120. The Kier molecular flexibility index (Phi) is 5.69. The van der Waals surface area contributed by atoms with Gasteiger partial charge in [-0.05, 0) is 35.9 Å². The molecule has 0 aliphatic carbocycles. The van der Waals surface area contributed by atoms with Gasteiger partial charge in [-0.15, -0.1) is 0 Å². The SMILES string of the molecule is COc1ccc(F)cc1C(=O)NCc1ccc(-c2ccnc3nc(-c4cnn(C)c4)[nH]c23)cc1F. The maximum absolute atomic E-state index is 15.0. The molecule has 0 aliphatic heterocycles. The van der Waals surface area contributed by atoms with Gasteiger partial charge in [0, 0.05) is 37.1 Å². The van der Waals surface area contributed by atoms with Crippen LogP contribution in [0.1, 0.15) is 15.9 Å². The van der Waals surface area contributed by atoms with Crippen molar-refractivity contribution >= 4 is 17.1 Å². The Morgan fingerprint density at radius 3 is 2.74 bits per heavy atom. The molecule has 1 amide bonds. The first kappa shape index (κ1) is 22.2. The molecule has 5 aromatic rings. The first-order valence-electron chi connectivity index (χ1n) is 10.7. The topological polar surface area (TPSA) is 97.7 Å². The quantitative estimate of drug-likeness (QED) is 0.384. The van der Waals surface area contributed by atoms with Crippen LogP contribution in [0.25, 0.3) is 33.7 Å². The maximum atomic E-state index is 15.0. The molecule has 0 bridgehead atoms. The van der Waals surface area contributed by atoms with Crippen LogP contribution in [0.4, 0.5) is 8.78 Å². The molecule has 0 saturated carbocycles. The highest BCUT2D eigenvalue weighted by Gasteiger charge is 2.16. The minimum absolute atomic E-state index is 0.0346. The molecule has 3 aromatic heterocycles. The third-order valence-electron chi connectivity index (χ3n) is 5.58. The van der Waals surface area contributed by atoms with Gasteiger partial charge < -0.3 is 15.0 Å². The fourth-order valence-electron chi connectivity index (χ4n) is 3.82. The molecular formula is C25H20F2N6O2. The molecule has 0 saturated heterocycles. The number of pyridine rings is 1. The van der Waals surface area contributed by atoms with Crippen LogP contribution in [0.3, 0.4) is 0 Å². The van der Waals surface area contributed by atoms with E-state index in [9.17, 15) is 13.6 Å². The zero-order valence-electron chi connectivity index (χ0n) is 18.8. The number of aryl methyl sites for hydroxylation is 1. The summed E-state index contributed by atoms with van der Waals surface area (Å²) in [5.41, 5.74) is 3.65. The van der Waals surface area contributed by atoms with Gasteiger partial charge >= 0.3 is 0 Å². The summed E-state index contributed by atoms with van der Waals surface area (Å²) in [6.07, 6.45) is 5.14. The average Bonchev–Trinajstić information content (AvgIpc) is 3.49. The molecule has 35 heavy (non-hydrogen) atoms. The summed E-state index contributed by atoms with van der Waals surface area (Å²) in [5, 5.41) is 6.77. The molecule has 3 heterocycles. The van der Waals surface area contributed by atoms with E-state index in [2.05, 4.69) is 25.4 Å². The molecule has 0 spiro atoms. The largest absolute Gasteiger partial charge is 0.496 e. The van der Waals surface area contributed by atoms with E-state index >= 15 is 0 Å². The third kappa shape index (κ3) is 4.33. The second-order valence-corrected chi connectivity index (χ2v) is 7.88. The Labute approximate surface area is 198 Å². The summed E-state index contributed by atoms with van der Waals surface area (Å²) in [4.78, 5) is 24.6. The average molecular weight is 474 g/mol. The monoisotopic (exact) mass is 474 g/mol. The van der Waals surface area contributed by atoms with E-state index in [0.717, 1.165) is 17.2 Å². The van der Waals surface area contributed by atoms with Crippen molar-refractivity contribution in [2.24, 2.45) is 7.05 Å². The number of benzene rings is 2. The van der Waals surface area contributed by atoms with E-state index in [0.29, 0.717) is 22.6 Å². The number of fused-ring (bicyclic) bond motifs is 1. The second-order valence-electron chi connectivity index (χ2n) is 7.88. The zero-order chi connectivity index (χ0) is 24.5. The van der Waals surface area contributed by atoms with Gasteiger partial charge in [0.1, 0.15) is 23.2 Å². The number of H-pyrrole nitrogens is 1. The Balaban J connectivity index is 1.39. The Morgan fingerprint density at radius 2 is 2.00 bits per heavy atom. The number of rotatable bonds is 6. The molecule has 2 N–H and O–H groups in total. The van der Waals surface area contributed by atoms with Gasteiger partial charge in [0.25, 0.3) is 5.91 Å². The van der Waals surface area contributed by atoms with Crippen molar-refractivity contribution in [2.45, 2.75) is 6.54 Å². The number of hydrogen-bond acceptors (Lipinski definition) is 5. The van der Waals surface area contributed by atoms with Crippen LogP contribution in [0.2, 0.25) is 0 Å². The summed E-state index contributed by atoms with van der Waals surface area (Å²) >= 11 is 0. The van der Waals surface area contributed by atoms with E-state index in [1.54, 1.807) is 35.3 Å². The number of nitrogens with one attached hydrogen (secondary N) is 2. The summed E-state index contributed by atoms with van der Waals surface area (Å²) in [7, 11) is 3.20. The Morgan fingerprint density at radius 1 is 1.14 bits per heavy atom. The number of hydrogen-bond donors (Lipinski definition) is 2. The lowest BCUT2D eigenvalue weighted by Crippen LogP contribution is -2.24.